The third-order valence-electron chi connectivity index (χ3n) is 2.11. The number of aromatic nitrogens is 1. The normalized spacial score (nSPS) is 12.1. The van der Waals surface area contributed by atoms with Crippen molar-refractivity contribution in [3.05, 3.63) is 45.9 Å². The number of rotatable bonds is 4. The monoisotopic (exact) mass is 267 g/mol. The van der Waals surface area contributed by atoms with Gasteiger partial charge in [-0.05, 0) is 12.1 Å². The predicted octanol–water partition coefficient (Wildman–Crippen LogP) is 2.44. The van der Waals surface area contributed by atoms with Crippen LogP contribution in [0.3, 0.4) is 0 Å². The lowest BCUT2D eigenvalue weighted by Gasteiger charge is -2.13. The zero-order valence-electron chi connectivity index (χ0n) is 8.76. The molecule has 1 amide bonds. The molecule has 0 aliphatic carbocycles. The fourth-order valence-electron chi connectivity index (χ4n) is 1.36. The molecule has 0 bridgehead atoms. The summed E-state index contributed by atoms with van der Waals surface area (Å²) >= 11 is 7.02. The highest BCUT2D eigenvalue weighted by atomic mass is 35.5. The number of primary amides is 1. The average molecular weight is 268 g/mol. The van der Waals surface area contributed by atoms with Crippen molar-refractivity contribution in [2.24, 2.45) is 5.73 Å². The Morgan fingerprint density at radius 1 is 1.41 bits per heavy atom. The lowest BCUT2D eigenvalue weighted by molar-refractivity contribution is -0.118. The molecule has 1 unspecified atom stereocenters. The topological polar surface area (TPSA) is 68.0 Å². The minimum atomic E-state index is -0.658. The fourth-order valence-corrected chi connectivity index (χ4v) is 2.35. The maximum absolute atomic E-state index is 11.4. The average Bonchev–Trinajstić information content (AvgIpc) is 2.73. The Hall–Kier alpha value is -1.59. The number of halogens is 1. The first-order valence-corrected chi connectivity index (χ1v) is 6.08. The summed E-state index contributed by atoms with van der Waals surface area (Å²) in [6.45, 7) is 0. The highest BCUT2D eigenvalue weighted by Crippen LogP contribution is 2.26. The van der Waals surface area contributed by atoms with Crippen LogP contribution >= 0.6 is 22.9 Å². The molecule has 6 heteroatoms. The lowest BCUT2D eigenvalue weighted by atomic mass is 10.2. The van der Waals surface area contributed by atoms with Crippen molar-refractivity contribution in [3.8, 4) is 0 Å². The SMILES string of the molecule is NC(=O)C(Nc1ccccc1)c1ncc(Cl)s1. The summed E-state index contributed by atoms with van der Waals surface area (Å²) in [5.74, 6) is -0.486. The number of nitrogens with zero attached hydrogens (tertiary/aromatic N) is 1. The van der Waals surface area contributed by atoms with Gasteiger partial charge in [0, 0.05) is 5.69 Å². The van der Waals surface area contributed by atoms with Crippen molar-refractivity contribution in [1.82, 2.24) is 4.98 Å². The molecule has 3 N–H and O–H groups in total. The van der Waals surface area contributed by atoms with E-state index in [9.17, 15) is 4.79 Å². The standard InChI is InChI=1S/C11H10ClN3OS/c12-8-6-14-11(17-8)9(10(13)16)15-7-4-2-1-3-5-7/h1-6,9,15H,(H2,13,16). The molecule has 1 aromatic carbocycles. The van der Waals surface area contributed by atoms with Gasteiger partial charge in [0.15, 0.2) is 6.04 Å². The maximum Gasteiger partial charge on any atom is 0.247 e. The Morgan fingerprint density at radius 3 is 2.65 bits per heavy atom. The molecule has 4 nitrogen and oxygen atoms in total. The number of carbonyl (C=O) groups excluding carboxylic acids is 1. The zero-order chi connectivity index (χ0) is 12.3. The molecular weight excluding hydrogens is 258 g/mol. The van der Waals surface area contributed by atoms with E-state index in [0.29, 0.717) is 9.34 Å². The molecule has 0 aliphatic heterocycles. The predicted molar refractivity (Wildman–Crippen MR) is 69.1 cm³/mol. The van der Waals surface area contributed by atoms with Crippen molar-refractivity contribution >= 4 is 34.5 Å². The van der Waals surface area contributed by atoms with Gasteiger partial charge >= 0.3 is 0 Å². The van der Waals surface area contributed by atoms with E-state index in [1.807, 2.05) is 30.3 Å². The van der Waals surface area contributed by atoms with Gasteiger partial charge in [0.05, 0.1) is 6.20 Å². The van der Waals surface area contributed by atoms with Gasteiger partial charge in [0.2, 0.25) is 5.91 Å². The Morgan fingerprint density at radius 2 is 2.12 bits per heavy atom. The summed E-state index contributed by atoms with van der Waals surface area (Å²) in [6, 6.07) is 8.68. The van der Waals surface area contributed by atoms with Crippen LogP contribution < -0.4 is 11.1 Å². The number of nitrogens with one attached hydrogen (secondary N) is 1. The van der Waals surface area contributed by atoms with Crippen LogP contribution in [0.1, 0.15) is 11.0 Å². The number of para-hydroxylation sites is 1. The largest absolute Gasteiger partial charge is 0.368 e. The van der Waals surface area contributed by atoms with Gasteiger partial charge in [-0.15, -0.1) is 11.3 Å². The highest BCUT2D eigenvalue weighted by molar-refractivity contribution is 7.16. The first-order valence-electron chi connectivity index (χ1n) is 4.89. The number of amides is 1. The highest BCUT2D eigenvalue weighted by Gasteiger charge is 2.21. The van der Waals surface area contributed by atoms with Crippen LogP contribution in [0, 0.1) is 0 Å². The quantitative estimate of drug-likeness (QED) is 0.894. The summed E-state index contributed by atoms with van der Waals surface area (Å²) in [5, 5.41) is 3.58. The molecule has 2 aromatic rings. The molecule has 1 atom stereocenters. The van der Waals surface area contributed by atoms with Crippen LogP contribution in [0.15, 0.2) is 36.5 Å². The molecule has 2 rings (SSSR count). The van der Waals surface area contributed by atoms with E-state index in [1.165, 1.54) is 17.5 Å². The summed E-state index contributed by atoms with van der Waals surface area (Å²) in [5.41, 5.74) is 6.16. The second-order valence-corrected chi connectivity index (χ2v) is 5.04. The van der Waals surface area contributed by atoms with Crippen LogP contribution in [0.4, 0.5) is 5.69 Å². The number of thiazole rings is 1. The van der Waals surface area contributed by atoms with Gasteiger partial charge in [-0.25, -0.2) is 4.98 Å². The van der Waals surface area contributed by atoms with Gasteiger partial charge in [0.25, 0.3) is 0 Å². The van der Waals surface area contributed by atoms with Gasteiger partial charge < -0.3 is 11.1 Å². The zero-order valence-corrected chi connectivity index (χ0v) is 10.3. The van der Waals surface area contributed by atoms with Gasteiger partial charge in [-0.2, -0.15) is 0 Å². The number of anilines is 1. The molecule has 0 saturated carbocycles. The second-order valence-electron chi connectivity index (χ2n) is 3.35. The first kappa shape index (κ1) is 11.9. The van der Waals surface area contributed by atoms with Crippen molar-refractivity contribution in [3.63, 3.8) is 0 Å². The number of benzene rings is 1. The molecule has 0 spiro atoms. The molecular formula is C11H10ClN3OS. The van der Waals surface area contributed by atoms with Crippen molar-refractivity contribution in [2.45, 2.75) is 6.04 Å². The molecule has 88 valence electrons. The van der Waals surface area contributed by atoms with E-state index in [0.717, 1.165) is 5.69 Å². The Kier molecular flexibility index (Phi) is 3.61. The summed E-state index contributed by atoms with van der Waals surface area (Å²) in [6.07, 6.45) is 1.50. The van der Waals surface area contributed by atoms with Crippen LogP contribution in [-0.2, 0) is 4.79 Å². The second kappa shape index (κ2) is 5.16. The maximum atomic E-state index is 11.4. The fraction of sp³-hybridized carbons (Fsp3) is 0.0909. The smallest absolute Gasteiger partial charge is 0.247 e. The number of nitrogens with two attached hydrogens (primary N) is 1. The minimum absolute atomic E-state index is 0.486. The van der Waals surface area contributed by atoms with Crippen molar-refractivity contribution in [1.29, 1.82) is 0 Å². The summed E-state index contributed by atoms with van der Waals surface area (Å²) < 4.78 is 0.529. The molecule has 0 fully saturated rings. The Balaban J connectivity index is 2.22. The van der Waals surface area contributed by atoms with Crippen molar-refractivity contribution < 1.29 is 4.79 Å². The van der Waals surface area contributed by atoms with Crippen LogP contribution in [-0.4, -0.2) is 10.9 Å². The van der Waals surface area contributed by atoms with E-state index in [4.69, 9.17) is 17.3 Å². The van der Waals surface area contributed by atoms with Crippen LogP contribution in [0.5, 0.6) is 0 Å². The third kappa shape index (κ3) is 2.95. The summed E-state index contributed by atoms with van der Waals surface area (Å²) in [7, 11) is 0. The van der Waals surface area contributed by atoms with Gasteiger partial charge in [0.1, 0.15) is 9.34 Å². The van der Waals surface area contributed by atoms with E-state index >= 15 is 0 Å². The summed E-state index contributed by atoms with van der Waals surface area (Å²) in [4.78, 5) is 15.5. The van der Waals surface area contributed by atoms with Gasteiger partial charge in [-0.3, -0.25) is 4.79 Å². The molecule has 0 saturated heterocycles. The van der Waals surface area contributed by atoms with Crippen molar-refractivity contribution in [2.75, 3.05) is 5.32 Å². The lowest BCUT2D eigenvalue weighted by Crippen LogP contribution is -2.27. The van der Waals surface area contributed by atoms with E-state index in [1.54, 1.807) is 0 Å². The Labute approximate surface area is 107 Å². The molecule has 0 radical (unpaired) electrons. The van der Waals surface area contributed by atoms with E-state index in [-0.39, 0.29) is 0 Å². The molecule has 1 heterocycles. The van der Waals surface area contributed by atoms with Gasteiger partial charge in [-0.1, -0.05) is 29.8 Å². The molecule has 1 aromatic heterocycles. The number of hydrogen-bond donors (Lipinski definition) is 2. The minimum Gasteiger partial charge on any atom is -0.368 e. The van der Waals surface area contributed by atoms with E-state index in [2.05, 4.69) is 10.3 Å². The third-order valence-corrected chi connectivity index (χ3v) is 3.29. The number of hydrogen-bond acceptors (Lipinski definition) is 4. The molecule has 17 heavy (non-hydrogen) atoms. The molecule has 0 aliphatic rings. The number of carbonyl (C=O) groups is 1. The van der Waals surface area contributed by atoms with Crippen LogP contribution in [0.2, 0.25) is 4.34 Å². The Bertz CT molecular complexity index is 514. The van der Waals surface area contributed by atoms with E-state index < -0.39 is 11.9 Å². The van der Waals surface area contributed by atoms with Crippen LogP contribution in [0.25, 0.3) is 0 Å². The first-order chi connectivity index (χ1) is 8.16.